The van der Waals surface area contributed by atoms with Crippen molar-refractivity contribution in [1.29, 1.82) is 0 Å². The number of ether oxygens (including phenoxy) is 3. The number of thioether (sulfide) groups is 1. The highest BCUT2D eigenvalue weighted by Gasteiger charge is 2.35. The molecule has 0 unspecified atom stereocenters. The number of aromatic nitrogens is 5. The van der Waals surface area contributed by atoms with Crippen molar-refractivity contribution in [3.05, 3.63) is 59.7 Å². The van der Waals surface area contributed by atoms with Gasteiger partial charge in [0.15, 0.2) is 11.5 Å². The maximum Gasteiger partial charge on any atom is 0.435 e. The highest BCUT2D eigenvalue weighted by atomic mass is 32.2. The Balaban J connectivity index is 1.84. The lowest BCUT2D eigenvalue weighted by Crippen LogP contribution is -2.18. The third-order valence-corrected chi connectivity index (χ3v) is 7.44. The molecule has 0 aliphatic heterocycles. The van der Waals surface area contributed by atoms with E-state index >= 15 is 0 Å². The number of anilines is 2. The van der Waals surface area contributed by atoms with Crippen molar-refractivity contribution in [2.24, 2.45) is 0 Å². The van der Waals surface area contributed by atoms with Gasteiger partial charge in [0.2, 0.25) is 11.8 Å². The summed E-state index contributed by atoms with van der Waals surface area (Å²) in [5.74, 6) is 0.686. The van der Waals surface area contributed by atoms with Crippen molar-refractivity contribution < 1.29 is 32.2 Å². The number of hydrogen-bond donors (Lipinski definition) is 2. The Hall–Kier alpha value is -4.18. The van der Waals surface area contributed by atoms with Gasteiger partial charge >= 0.3 is 6.18 Å². The first kappa shape index (κ1) is 30.8. The summed E-state index contributed by atoms with van der Waals surface area (Å²) in [6, 6.07) is 7.45. The second-order valence-corrected chi connectivity index (χ2v) is 10.5. The van der Waals surface area contributed by atoms with E-state index in [-0.39, 0.29) is 34.5 Å². The molecule has 3 aromatic heterocycles. The van der Waals surface area contributed by atoms with E-state index in [1.54, 1.807) is 18.2 Å². The SMILES string of the molecule is COc1cc(Nc2ncc(-c3cnc(OC)c(C(=O)NSCSC)c3)c(-n3nc(C(F)(F)F)cc3C)n2)cc(OC)c1. The molecule has 0 aliphatic rings. The van der Waals surface area contributed by atoms with Gasteiger partial charge in [-0.15, -0.1) is 0 Å². The van der Waals surface area contributed by atoms with Gasteiger partial charge in [-0.3, -0.25) is 9.52 Å². The second-order valence-electron chi connectivity index (χ2n) is 8.50. The number of pyridine rings is 1. The number of nitrogens with zero attached hydrogens (tertiary/aromatic N) is 5. The Morgan fingerprint density at radius 3 is 2.31 bits per heavy atom. The molecule has 2 N–H and O–H groups in total. The number of aryl methyl sites for hydroxylation is 1. The summed E-state index contributed by atoms with van der Waals surface area (Å²) in [6.07, 6.45) is 0.0392. The zero-order valence-electron chi connectivity index (χ0n) is 23.1. The van der Waals surface area contributed by atoms with Gasteiger partial charge < -0.3 is 19.5 Å². The van der Waals surface area contributed by atoms with E-state index in [2.05, 4.69) is 30.1 Å². The molecular formula is C26H26F3N7O4S2. The van der Waals surface area contributed by atoms with E-state index in [9.17, 15) is 18.0 Å². The standard InChI is InChI=1S/C26H26F3N7O4S2/c1-14-6-21(26(27,28)29)34-36(14)22-20(15-7-19(24(40-4)30-11-15)23(37)35-42-13-41-5)12-31-25(33-22)32-16-8-17(38-2)10-18(9-16)39-3/h6-12H,13H2,1-5H3,(H,35,37)(H,31,32,33). The minimum absolute atomic E-state index is 0.0189. The Morgan fingerprint density at radius 2 is 1.71 bits per heavy atom. The first-order valence-electron chi connectivity index (χ1n) is 12.0. The molecule has 0 aliphatic carbocycles. The Labute approximate surface area is 247 Å². The molecule has 1 amide bonds. The summed E-state index contributed by atoms with van der Waals surface area (Å²) in [5.41, 5.74) is 0.326. The smallest absolute Gasteiger partial charge is 0.435 e. The minimum atomic E-state index is -4.68. The van der Waals surface area contributed by atoms with Crippen LogP contribution in [-0.2, 0) is 6.18 Å². The van der Waals surface area contributed by atoms with E-state index in [4.69, 9.17) is 14.2 Å². The number of hydrogen-bond acceptors (Lipinski definition) is 11. The van der Waals surface area contributed by atoms with Gasteiger partial charge in [-0.2, -0.15) is 35.0 Å². The number of halogens is 3. The molecule has 4 aromatic rings. The van der Waals surface area contributed by atoms with Crippen LogP contribution in [0.25, 0.3) is 16.9 Å². The predicted molar refractivity (Wildman–Crippen MR) is 155 cm³/mol. The highest BCUT2D eigenvalue weighted by Crippen LogP contribution is 2.34. The van der Waals surface area contributed by atoms with Crippen LogP contribution in [0.15, 0.2) is 42.7 Å². The summed E-state index contributed by atoms with van der Waals surface area (Å²) in [4.78, 5) is 26.0. The van der Waals surface area contributed by atoms with Crippen LogP contribution in [0.3, 0.4) is 0 Å². The average molecular weight is 622 g/mol. The van der Waals surface area contributed by atoms with Gasteiger partial charge in [-0.05, 0) is 37.3 Å². The van der Waals surface area contributed by atoms with Gasteiger partial charge in [0.05, 0.1) is 26.4 Å². The Kier molecular flexibility index (Phi) is 9.67. The third-order valence-electron chi connectivity index (χ3n) is 5.70. The molecule has 0 saturated heterocycles. The summed E-state index contributed by atoms with van der Waals surface area (Å²) in [5, 5.41) is 7.43. The number of carbonyl (C=O) groups is 1. The van der Waals surface area contributed by atoms with Crippen LogP contribution in [0.5, 0.6) is 17.4 Å². The van der Waals surface area contributed by atoms with Gasteiger partial charge in [0.25, 0.3) is 5.91 Å². The van der Waals surface area contributed by atoms with Gasteiger partial charge in [0.1, 0.15) is 17.1 Å². The van der Waals surface area contributed by atoms with Crippen molar-refractivity contribution >= 4 is 41.3 Å². The molecule has 4 rings (SSSR count). The second kappa shape index (κ2) is 13.2. The van der Waals surface area contributed by atoms with Crippen molar-refractivity contribution in [3.63, 3.8) is 0 Å². The summed E-state index contributed by atoms with van der Waals surface area (Å²) in [6.45, 7) is 1.47. The lowest BCUT2D eigenvalue weighted by atomic mass is 10.1. The fraction of sp³-hybridized carbons (Fsp3) is 0.269. The summed E-state index contributed by atoms with van der Waals surface area (Å²) < 4.78 is 60.4. The number of alkyl halides is 3. The molecule has 222 valence electrons. The predicted octanol–water partition coefficient (Wildman–Crippen LogP) is 5.52. The average Bonchev–Trinajstić information content (AvgIpc) is 3.38. The van der Waals surface area contributed by atoms with Crippen molar-refractivity contribution in [3.8, 4) is 34.3 Å². The molecule has 16 heteroatoms. The lowest BCUT2D eigenvalue weighted by Gasteiger charge is -2.15. The fourth-order valence-corrected chi connectivity index (χ4v) is 4.72. The summed E-state index contributed by atoms with van der Waals surface area (Å²) in [7, 11) is 4.38. The van der Waals surface area contributed by atoms with Crippen LogP contribution in [0, 0.1) is 6.92 Å². The number of benzene rings is 1. The maximum absolute atomic E-state index is 13.6. The number of carbonyl (C=O) groups excluding carboxylic acids is 1. The van der Waals surface area contributed by atoms with E-state index in [1.165, 1.54) is 70.4 Å². The van der Waals surface area contributed by atoms with Gasteiger partial charge in [-0.25, -0.2) is 14.6 Å². The molecule has 0 radical (unpaired) electrons. The van der Waals surface area contributed by atoms with Crippen LogP contribution < -0.4 is 24.2 Å². The van der Waals surface area contributed by atoms with Crippen LogP contribution >= 0.6 is 23.7 Å². The summed E-state index contributed by atoms with van der Waals surface area (Å²) >= 11 is 2.73. The van der Waals surface area contributed by atoms with E-state index in [1.807, 2.05) is 6.26 Å². The van der Waals surface area contributed by atoms with Gasteiger partial charge in [0, 0.05) is 53.1 Å². The molecule has 0 bridgehead atoms. The molecule has 0 spiro atoms. The van der Waals surface area contributed by atoms with Crippen LogP contribution in [0.4, 0.5) is 24.8 Å². The van der Waals surface area contributed by atoms with E-state index < -0.39 is 17.8 Å². The fourth-order valence-electron chi connectivity index (χ4n) is 3.77. The van der Waals surface area contributed by atoms with Crippen molar-refractivity contribution in [1.82, 2.24) is 29.5 Å². The number of rotatable bonds is 11. The van der Waals surface area contributed by atoms with Gasteiger partial charge in [-0.1, -0.05) is 0 Å². The first-order valence-corrected chi connectivity index (χ1v) is 14.4. The minimum Gasteiger partial charge on any atom is -0.497 e. The molecule has 42 heavy (non-hydrogen) atoms. The number of methoxy groups -OCH3 is 3. The first-order chi connectivity index (χ1) is 20.1. The Morgan fingerprint density at radius 1 is 1.00 bits per heavy atom. The number of amides is 1. The quantitative estimate of drug-likeness (QED) is 0.125. The maximum atomic E-state index is 13.6. The largest absolute Gasteiger partial charge is 0.497 e. The normalized spacial score (nSPS) is 11.2. The molecular weight excluding hydrogens is 595 g/mol. The van der Waals surface area contributed by atoms with Crippen LogP contribution in [-0.4, -0.2) is 63.3 Å². The molecule has 0 saturated carbocycles. The number of nitrogens with one attached hydrogen (secondary N) is 2. The zero-order valence-corrected chi connectivity index (χ0v) is 24.7. The topological polar surface area (TPSA) is 125 Å². The monoisotopic (exact) mass is 621 g/mol. The molecule has 0 fully saturated rings. The molecule has 1 aromatic carbocycles. The zero-order chi connectivity index (χ0) is 30.4. The van der Waals surface area contributed by atoms with Crippen molar-refractivity contribution in [2.45, 2.75) is 13.1 Å². The van der Waals surface area contributed by atoms with Crippen LogP contribution in [0.2, 0.25) is 0 Å². The highest BCUT2D eigenvalue weighted by molar-refractivity contribution is 8.15. The molecule has 0 atom stereocenters. The third kappa shape index (κ3) is 6.99. The Bertz CT molecular complexity index is 1560. The van der Waals surface area contributed by atoms with Crippen LogP contribution in [0.1, 0.15) is 21.7 Å². The lowest BCUT2D eigenvalue weighted by molar-refractivity contribution is -0.141. The molecule has 3 heterocycles. The van der Waals surface area contributed by atoms with Crippen molar-refractivity contribution in [2.75, 3.05) is 38.0 Å². The molecule has 11 nitrogen and oxygen atoms in total. The van der Waals surface area contributed by atoms with E-state index in [0.717, 1.165) is 10.7 Å². The van der Waals surface area contributed by atoms with E-state index in [0.29, 0.717) is 27.8 Å².